The maximum absolute atomic E-state index is 13.9. The highest BCUT2D eigenvalue weighted by atomic mass is 35.5. The number of anilines is 2. The quantitative estimate of drug-likeness (QED) is 0.254. The number of carbonyl (C=O) groups is 1. The molecule has 1 fully saturated rings. The number of amides is 1. The van der Waals surface area contributed by atoms with Gasteiger partial charge in [-0.2, -0.15) is 0 Å². The second-order valence-corrected chi connectivity index (χ2v) is 10.9. The molecule has 2 heterocycles. The number of fused-ring (bicyclic) bond motifs is 2. The molecule has 0 radical (unpaired) electrons. The smallest absolute Gasteiger partial charge is 0.274 e. The standard InChI is InChI=1S/C28H20ClN3OS2/c1-17-6-5-9-22(14-17)32-26(33)25(27-31(2)23-16-20(29)11-13-24(23)34-27)35-28(32)30-21-12-10-18-7-3-4-8-19(18)15-21/h3-16H,1-2H3. The van der Waals surface area contributed by atoms with E-state index in [0.717, 1.165) is 43.3 Å². The van der Waals surface area contributed by atoms with Crippen molar-refractivity contribution in [2.75, 3.05) is 16.8 Å². The van der Waals surface area contributed by atoms with E-state index in [1.54, 1.807) is 16.7 Å². The number of benzene rings is 4. The van der Waals surface area contributed by atoms with Gasteiger partial charge in [0.1, 0.15) is 4.91 Å². The van der Waals surface area contributed by atoms with E-state index in [0.29, 0.717) is 15.1 Å². The zero-order chi connectivity index (χ0) is 24.1. The Bertz CT molecular complexity index is 1580. The summed E-state index contributed by atoms with van der Waals surface area (Å²) in [4.78, 5) is 24.3. The Morgan fingerprint density at radius 2 is 1.69 bits per heavy atom. The summed E-state index contributed by atoms with van der Waals surface area (Å²) in [6.45, 7) is 2.03. The molecule has 0 unspecified atom stereocenters. The van der Waals surface area contributed by atoms with Crippen LogP contribution in [0.4, 0.5) is 17.1 Å². The number of hydrogen-bond donors (Lipinski definition) is 0. The molecular formula is C28H20ClN3OS2. The lowest BCUT2D eigenvalue weighted by Crippen LogP contribution is -2.29. The summed E-state index contributed by atoms with van der Waals surface area (Å²) in [5.74, 6) is -0.0756. The van der Waals surface area contributed by atoms with Gasteiger partial charge in [-0.3, -0.25) is 9.69 Å². The minimum Gasteiger partial charge on any atom is -0.337 e. The van der Waals surface area contributed by atoms with Gasteiger partial charge in [-0.25, -0.2) is 4.99 Å². The lowest BCUT2D eigenvalue weighted by atomic mass is 10.1. The van der Waals surface area contributed by atoms with Crippen LogP contribution in [0.3, 0.4) is 0 Å². The van der Waals surface area contributed by atoms with Gasteiger partial charge in [-0.05, 0) is 77.5 Å². The lowest BCUT2D eigenvalue weighted by molar-refractivity contribution is -0.113. The van der Waals surface area contributed by atoms with Crippen LogP contribution in [0.2, 0.25) is 5.02 Å². The van der Waals surface area contributed by atoms with Crippen LogP contribution in [0.5, 0.6) is 0 Å². The van der Waals surface area contributed by atoms with Crippen molar-refractivity contribution in [3.8, 4) is 0 Å². The van der Waals surface area contributed by atoms with E-state index < -0.39 is 0 Å². The van der Waals surface area contributed by atoms with E-state index in [9.17, 15) is 4.79 Å². The number of nitrogens with zero attached hydrogens (tertiary/aromatic N) is 3. The van der Waals surface area contributed by atoms with E-state index >= 15 is 0 Å². The maximum atomic E-state index is 13.9. The van der Waals surface area contributed by atoms with Crippen LogP contribution in [0, 0.1) is 6.92 Å². The minimum absolute atomic E-state index is 0.0756. The van der Waals surface area contributed by atoms with Crippen LogP contribution in [-0.4, -0.2) is 18.1 Å². The molecule has 4 aromatic carbocycles. The molecule has 0 aliphatic carbocycles. The monoisotopic (exact) mass is 513 g/mol. The molecule has 0 N–H and O–H groups in total. The highest BCUT2D eigenvalue weighted by Crippen LogP contribution is 2.51. The Labute approximate surface area is 217 Å². The third-order valence-electron chi connectivity index (χ3n) is 5.99. The molecule has 2 aliphatic rings. The van der Waals surface area contributed by atoms with E-state index in [2.05, 4.69) is 24.3 Å². The Balaban J connectivity index is 1.47. The highest BCUT2D eigenvalue weighted by molar-refractivity contribution is 8.20. The SMILES string of the molecule is Cc1cccc(N2C(=O)C(=C3Sc4ccc(Cl)cc4N3C)SC2=Nc2ccc3ccccc3c2)c1. The maximum Gasteiger partial charge on any atom is 0.274 e. The normalized spacial score (nSPS) is 18.7. The third-order valence-corrected chi connectivity index (χ3v) is 8.62. The largest absolute Gasteiger partial charge is 0.337 e. The molecule has 6 rings (SSSR count). The van der Waals surface area contributed by atoms with E-state index in [-0.39, 0.29) is 5.91 Å². The van der Waals surface area contributed by atoms with E-state index in [4.69, 9.17) is 16.6 Å². The van der Waals surface area contributed by atoms with E-state index in [1.165, 1.54) is 11.8 Å². The summed E-state index contributed by atoms with van der Waals surface area (Å²) in [5.41, 5.74) is 3.70. The molecule has 1 amide bonds. The Kier molecular flexibility index (Phi) is 5.60. The van der Waals surface area contributed by atoms with Gasteiger partial charge in [0, 0.05) is 17.0 Å². The Hall–Kier alpha value is -3.19. The fraction of sp³-hybridized carbons (Fsp3) is 0.0714. The fourth-order valence-corrected chi connectivity index (χ4v) is 6.74. The van der Waals surface area contributed by atoms with Gasteiger partial charge in [0.25, 0.3) is 5.91 Å². The van der Waals surface area contributed by atoms with E-state index in [1.807, 2.05) is 79.5 Å². The van der Waals surface area contributed by atoms with Gasteiger partial charge in [-0.1, -0.05) is 65.8 Å². The summed E-state index contributed by atoms with van der Waals surface area (Å²) in [7, 11) is 1.97. The zero-order valence-corrected chi connectivity index (χ0v) is 21.4. The first kappa shape index (κ1) is 22.3. The third kappa shape index (κ3) is 4.01. The number of amidine groups is 1. The van der Waals surface area contributed by atoms with Gasteiger partial charge >= 0.3 is 0 Å². The molecule has 1 saturated heterocycles. The number of aryl methyl sites for hydroxylation is 1. The van der Waals surface area contributed by atoms with Gasteiger partial charge in [0.15, 0.2) is 5.17 Å². The first-order valence-electron chi connectivity index (χ1n) is 11.1. The van der Waals surface area contributed by atoms with Crippen molar-refractivity contribution in [1.82, 2.24) is 0 Å². The molecule has 35 heavy (non-hydrogen) atoms. The van der Waals surface area contributed by atoms with Crippen LogP contribution in [-0.2, 0) is 4.79 Å². The van der Waals surface area contributed by atoms with Crippen molar-refractivity contribution in [3.05, 3.63) is 105 Å². The Morgan fingerprint density at radius 3 is 2.51 bits per heavy atom. The van der Waals surface area contributed by atoms with Crippen molar-refractivity contribution in [3.63, 3.8) is 0 Å². The van der Waals surface area contributed by atoms with Crippen molar-refractivity contribution in [2.24, 2.45) is 4.99 Å². The molecule has 0 saturated carbocycles. The Morgan fingerprint density at radius 1 is 0.857 bits per heavy atom. The second-order valence-electron chi connectivity index (χ2n) is 8.41. The van der Waals surface area contributed by atoms with Gasteiger partial charge in [0.2, 0.25) is 0 Å². The van der Waals surface area contributed by atoms with Crippen LogP contribution in [0.1, 0.15) is 5.56 Å². The molecule has 4 nitrogen and oxygen atoms in total. The number of carbonyl (C=O) groups excluding carboxylic acids is 1. The molecule has 4 aromatic rings. The first-order chi connectivity index (χ1) is 17.0. The molecule has 7 heteroatoms. The number of hydrogen-bond acceptors (Lipinski definition) is 5. The summed E-state index contributed by atoms with van der Waals surface area (Å²) < 4.78 is 0. The van der Waals surface area contributed by atoms with Crippen LogP contribution in [0.25, 0.3) is 10.8 Å². The number of halogens is 1. The van der Waals surface area contributed by atoms with Gasteiger partial charge < -0.3 is 4.90 Å². The van der Waals surface area contributed by atoms with Crippen molar-refractivity contribution >= 4 is 74.0 Å². The topological polar surface area (TPSA) is 35.9 Å². The zero-order valence-electron chi connectivity index (χ0n) is 19.0. The minimum atomic E-state index is -0.0756. The molecule has 0 spiro atoms. The first-order valence-corrected chi connectivity index (χ1v) is 13.1. The van der Waals surface area contributed by atoms with Crippen LogP contribution >= 0.6 is 35.1 Å². The second kappa shape index (κ2) is 8.79. The fourth-order valence-electron chi connectivity index (χ4n) is 4.25. The predicted octanol–water partition coefficient (Wildman–Crippen LogP) is 7.98. The summed E-state index contributed by atoms with van der Waals surface area (Å²) in [6.07, 6.45) is 0. The number of thioether (sulfide) groups is 2. The van der Waals surface area contributed by atoms with Crippen molar-refractivity contribution < 1.29 is 4.79 Å². The molecule has 172 valence electrons. The van der Waals surface area contributed by atoms with Crippen LogP contribution in [0.15, 0.2) is 105 Å². The average Bonchev–Trinajstić information content (AvgIpc) is 3.34. The molecule has 0 atom stereocenters. The number of rotatable bonds is 2. The lowest BCUT2D eigenvalue weighted by Gasteiger charge is -2.17. The highest BCUT2D eigenvalue weighted by Gasteiger charge is 2.40. The van der Waals surface area contributed by atoms with Crippen molar-refractivity contribution in [1.29, 1.82) is 0 Å². The van der Waals surface area contributed by atoms with Crippen molar-refractivity contribution in [2.45, 2.75) is 11.8 Å². The summed E-state index contributed by atoms with van der Waals surface area (Å²) in [6, 6.07) is 28.1. The average molecular weight is 514 g/mol. The molecule has 0 aromatic heterocycles. The summed E-state index contributed by atoms with van der Waals surface area (Å²) >= 11 is 9.25. The van der Waals surface area contributed by atoms with Gasteiger partial charge in [-0.15, -0.1) is 0 Å². The van der Waals surface area contributed by atoms with Crippen LogP contribution < -0.4 is 9.80 Å². The molecular weight excluding hydrogens is 494 g/mol. The van der Waals surface area contributed by atoms with Gasteiger partial charge in [0.05, 0.1) is 22.1 Å². The summed E-state index contributed by atoms with van der Waals surface area (Å²) in [5, 5.41) is 4.47. The predicted molar refractivity (Wildman–Crippen MR) is 150 cm³/mol. The molecule has 0 bridgehead atoms. The number of aliphatic imine (C=N–C) groups is 1. The molecule has 2 aliphatic heterocycles.